The molecule has 3 rings (SSSR count). The second kappa shape index (κ2) is 5.27. The van der Waals surface area contributed by atoms with Crippen LogP contribution in [0.4, 0.5) is 0 Å². The van der Waals surface area contributed by atoms with Crippen LogP contribution in [0.25, 0.3) is 0 Å². The number of hydrogen-bond donors (Lipinski definition) is 1. The van der Waals surface area contributed by atoms with E-state index in [-0.39, 0.29) is 29.7 Å². The van der Waals surface area contributed by atoms with Crippen molar-refractivity contribution in [2.24, 2.45) is 5.41 Å². The summed E-state index contributed by atoms with van der Waals surface area (Å²) in [6, 6.07) is 0. The van der Waals surface area contributed by atoms with Gasteiger partial charge in [-0.15, -0.1) is 11.8 Å². The zero-order valence-corrected chi connectivity index (χ0v) is 12.2. The van der Waals surface area contributed by atoms with E-state index in [2.05, 4.69) is 5.32 Å². The molecule has 0 saturated carbocycles. The van der Waals surface area contributed by atoms with Crippen molar-refractivity contribution < 1.29 is 14.4 Å². The van der Waals surface area contributed by atoms with Crippen LogP contribution in [0.15, 0.2) is 0 Å². The van der Waals surface area contributed by atoms with Gasteiger partial charge in [0.15, 0.2) is 0 Å². The van der Waals surface area contributed by atoms with E-state index in [0.29, 0.717) is 31.1 Å². The molecule has 3 heterocycles. The molecule has 110 valence electrons. The summed E-state index contributed by atoms with van der Waals surface area (Å²) in [4.78, 5) is 38.5. The largest absolute Gasteiger partial charge is 0.356 e. The van der Waals surface area contributed by atoms with E-state index in [0.717, 1.165) is 19.4 Å². The van der Waals surface area contributed by atoms with Gasteiger partial charge in [0.25, 0.3) is 0 Å². The van der Waals surface area contributed by atoms with Crippen LogP contribution in [0.5, 0.6) is 0 Å². The maximum absolute atomic E-state index is 12.2. The molecule has 0 aromatic heterocycles. The van der Waals surface area contributed by atoms with E-state index in [9.17, 15) is 14.4 Å². The van der Waals surface area contributed by atoms with Crippen LogP contribution in [0.2, 0.25) is 0 Å². The Morgan fingerprint density at radius 1 is 1.30 bits per heavy atom. The van der Waals surface area contributed by atoms with E-state index in [1.807, 2.05) is 4.90 Å². The lowest BCUT2D eigenvalue weighted by Crippen LogP contribution is -2.47. The van der Waals surface area contributed by atoms with Crippen molar-refractivity contribution in [1.82, 2.24) is 15.1 Å². The average molecular weight is 297 g/mol. The van der Waals surface area contributed by atoms with Crippen molar-refractivity contribution in [3.63, 3.8) is 0 Å². The Hall–Kier alpha value is -1.24. The van der Waals surface area contributed by atoms with E-state index in [1.54, 1.807) is 16.7 Å². The zero-order valence-electron chi connectivity index (χ0n) is 11.4. The van der Waals surface area contributed by atoms with Crippen LogP contribution in [0.3, 0.4) is 0 Å². The first-order valence-electron chi connectivity index (χ1n) is 6.98. The lowest BCUT2D eigenvalue weighted by Gasteiger charge is -2.38. The predicted octanol–water partition coefficient (Wildman–Crippen LogP) is -0.352. The molecule has 3 aliphatic heterocycles. The second-order valence-electron chi connectivity index (χ2n) is 5.90. The SMILES string of the molecule is O=C1CC2(CCN(C(=O)CN3CSCC3=O)CC2)CN1. The number of nitrogens with one attached hydrogen (secondary N) is 1. The topological polar surface area (TPSA) is 69.7 Å². The van der Waals surface area contributed by atoms with Gasteiger partial charge in [-0.1, -0.05) is 0 Å². The minimum Gasteiger partial charge on any atom is -0.356 e. The molecule has 7 heteroatoms. The van der Waals surface area contributed by atoms with Crippen molar-refractivity contribution in [2.75, 3.05) is 37.8 Å². The van der Waals surface area contributed by atoms with Crippen molar-refractivity contribution in [3.8, 4) is 0 Å². The molecule has 0 radical (unpaired) electrons. The highest BCUT2D eigenvalue weighted by Gasteiger charge is 2.41. The van der Waals surface area contributed by atoms with E-state index in [4.69, 9.17) is 0 Å². The summed E-state index contributed by atoms with van der Waals surface area (Å²) in [5.41, 5.74) is 0.0627. The summed E-state index contributed by atoms with van der Waals surface area (Å²) in [6.45, 7) is 2.34. The van der Waals surface area contributed by atoms with E-state index < -0.39 is 0 Å². The fourth-order valence-corrected chi connectivity index (χ4v) is 4.04. The van der Waals surface area contributed by atoms with Gasteiger partial charge in [-0.25, -0.2) is 0 Å². The van der Waals surface area contributed by atoms with Gasteiger partial charge in [0.1, 0.15) is 6.54 Å². The Morgan fingerprint density at radius 3 is 2.60 bits per heavy atom. The number of carbonyl (C=O) groups excluding carboxylic acids is 3. The highest BCUT2D eigenvalue weighted by atomic mass is 32.2. The molecule has 0 aliphatic carbocycles. The number of amides is 3. The molecule has 1 N–H and O–H groups in total. The van der Waals surface area contributed by atoms with Crippen molar-refractivity contribution in [1.29, 1.82) is 0 Å². The quantitative estimate of drug-likeness (QED) is 0.756. The molecule has 3 fully saturated rings. The number of thioether (sulfide) groups is 1. The summed E-state index contributed by atoms with van der Waals surface area (Å²) in [5.74, 6) is 1.34. The van der Waals surface area contributed by atoms with Crippen LogP contribution in [0, 0.1) is 5.41 Å². The lowest BCUT2D eigenvalue weighted by atomic mass is 9.77. The summed E-state index contributed by atoms with van der Waals surface area (Å²) < 4.78 is 0. The van der Waals surface area contributed by atoms with Gasteiger partial charge in [0.2, 0.25) is 17.7 Å². The molecule has 3 amide bonds. The molecule has 3 saturated heterocycles. The predicted molar refractivity (Wildman–Crippen MR) is 74.9 cm³/mol. The summed E-state index contributed by atoms with van der Waals surface area (Å²) in [6.07, 6.45) is 2.34. The second-order valence-corrected chi connectivity index (χ2v) is 6.86. The minimum absolute atomic E-state index is 0.0352. The Labute approximate surface area is 122 Å². The van der Waals surface area contributed by atoms with Gasteiger partial charge in [-0.2, -0.15) is 0 Å². The highest BCUT2D eigenvalue weighted by Crippen LogP contribution is 2.37. The summed E-state index contributed by atoms with van der Waals surface area (Å²) >= 11 is 1.55. The first-order chi connectivity index (χ1) is 9.58. The maximum atomic E-state index is 12.2. The molecule has 0 atom stereocenters. The fourth-order valence-electron chi connectivity index (χ4n) is 3.14. The molecule has 0 aromatic rings. The van der Waals surface area contributed by atoms with Gasteiger partial charge in [0, 0.05) is 26.1 Å². The molecular weight excluding hydrogens is 278 g/mol. The Morgan fingerprint density at radius 2 is 2.05 bits per heavy atom. The monoisotopic (exact) mass is 297 g/mol. The molecule has 0 aromatic carbocycles. The van der Waals surface area contributed by atoms with Crippen LogP contribution < -0.4 is 5.32 Å². The standard InChI is InChI=1S/C13H19N3O3S/c17-10-5-13(8-14-10)1-3-15(4-2-13)11(18)6-16-9-20-7-12(16)19/h1-9H2,(H,14,17). The first-order valence-corrected chi connectivity index (χ1v) is 8.13. The molecule has 1 spiro atoms. The summed E-state index contributed by atoms with van der Waals surface area (Å²) in [5, 5.41) is 2.89. The van der Waals surface area contributed by atoms with Crippen molar-refractivity contribution in [3.05, 3.63) is 0 Å². The number of carbonyl (C=O) groups is 3. The number of nitrogens with zero attached hydrogens (tertiary/aromatic N) is 2. The smallest absolute Gasteiger partial charge is 0.242 e. The minimum atomic E-state index is 0.0352. The third-order valence-electron chi connectivity index (χ3n) is 4.52. The number of rotatable bonds is 2. The number of hydrogen-bond acceptors (Lipinski definition) is 4. The average Bonchev–Trinajstić information content (AvgIpc) is 2.98. The van der Waals surface area contributed by atoms with E-state index >= 15 is 0 Å². The van der Waals surface area contributed by atoms with Crippen molar-refractivity contribution >= 4 is 29.5 Å². The normalized spacial score (nSPS) is 25.4. The van der Waals surface area contributed by atoms with Gasteiger partial charge in [-0.05, 0) is 18.3 Å². The number of piperidine rings is 1. The fraction of sp³-hybridized carbons (Fsp3) is 0.769. The molecule has 0 unspecified atom stereocenters. The highest BCUT2D eigenvalue weighted by molar-refractivity contribution is 8.00. The maximum Gasteiger partial charge on any atom is 0.242 e. The third kappa shape index (κ3) is 2.63. The van der Waals surface area contributed by atoms with E-state index in [1.165, 1.54) is 0 Å². The molecule has 3 aliphatic rings. The zero-order chi connectivity index (χ0) is 14.2. The van der Waals surface area contributed by atoms with Gasteiger partial charge < -0.3 is 15.1 Å². The Balaban J connectivity index is 1.51. The number of likely N-dealkylation sites (tertiary alicyclic amines) is 1. The first kappa shape index (κ1) is 13.7. The van der Waals surface area contributed by atoms with Gasteiger partial charge in [-0.3, -0.25) is 14.4 Å². The Bertz CT molecular complexity index is 446. The molecule has 6 nitrogen and oxygen atoms in total. The third-order valence-corrected chi connectivity index (χ3v) is 5.47. The molecule has 20 heavy (non-hydrogen) atoms. The van der Waals surface area contributed by atoms with Crippen LogP contribution in [-0.4, -0.2) is 65.3 Å². The lowest BCUT2D eigenvalue weighted by molar-refractivity contribution is -0.139. The van der Waals surface area contributed by atoms with Gasteiger partial charge in [0.05, 0.1) is 11.6 Å². The molecular formula is C13H19N3O3S. The van der Waals surface area contributed by atoms with Crippen molar-refractivity contribution in [2.45, 2.75) is 19.3 Å². The summed E-state index contributed by atoms with van der Waals surface area (Å²) in [7, 11) is 0. The Kier molecular flexibility index (Phi) is 3.62. The van der Waals surface area contributed by atoms with Crippen LogP contribution >= 0.6 is 11.8 Å². The van der Waals surface area contributed by atoms with Crippen LogP contribution in [-0.2, 0) is 14.4 Å². The van der Waals surface area contributed by atoms with Crippen LogP contribution in [0.1, 0.15) is 19.3 Å². The molecule has 0 bridgehead atoms. The van der Waals surface area contributed by atoms with Gasteiger partial charge >= 0.3 is 0 Å².